The predicted molar refractivity (Wildman–Crippen MR) is 73.3 cm³/mol. The lowest BCUT2D eigenvalue weighted by molar-refractivity contribution is -0.151. The molecule has 0 spiro atoms. The van der Waals surface area contributed by atoms with Crippen LogP contribution >= 0.6 is 12.4 Å². The molecule has 2 fully saturated rings. The van der Waals surface area contributed by atoms with E-state index in [1.165, 1.54) is 0 Å². The quantitative estimate of drug-likeness (QED) is 0.743. The van der Waals surface area contributed by atoms with Crippen LogP contribution in [0.25, 0.3) is 0 Å². The molecule has 0 aromatic heterocycles. The third-order valence-electron chi connectivity index (χ3n) is 3.46. The molecule has 2 unspecified atom stereocenters. The molecule has 19 heavy (non-hydrogen) atoms. The number of likely N-dealkylation sites (tertiary alicyclic amines) is 1. The van der Waals surface area contributed by atoms with Gasteiger partial charge in [-0.25, -0.2) is 0 Å². The van der Waals surface area contributed by atoms with Crippen LogP contribution in [-0.2, 0) is 14.3 Å². The molecule has 2 heterocycles. The maximum atomic E-state index is 12.3. The largest absolute Gasteiger partial charge is 0.366 e. The summed E-state index contributed by atoms with van der Waals surface area (Å²) in [6.45, 7) is 2.53. The number of rotatable bonds is 2. The maximum absolute atomic E-state index is 12.3. The molecular formula is C12H22ClN3O3. The molecule has 1 N–H and O–H groups in total. The summed E-state index contributed by atoms with van der Waals surface area (Å²) < 4.78 is 5.46. The second-order valence-corrected chi connectivity index (χ2v) is 4.99. The van der Waals surface area contributed by atoms with E-state index in [0.29, 0.717) is 19.7 Å². The highest BCUT2D eigenvalue weighted by molar-refractivity contribution is 5.90. The lowest BCUT2D eigenvalue weighted by Gasteiger charge is -2.31. The van der Waals surface area contributed by atoms with Crippen LogP contribution in [0.4, 0.5) is 0 Å². The van der Waals surface area contributed by atoms with E-state index in [4.69, 9.17) is 4.74 Å². The third-order valence-corrected chi connectivity index (χ3v) is 3.46. The summed E-state index contributed by atoms with van der Waals surface area (Å²) in [5, 5.41) is 3.14. The first-order chi connectivity index (χ1) is 8.61. The number of morpholine rings is 1. The fraction of sp³-hybridized carbons (Fsp3) is 0.833. The van der Waals surface area contributed by atoms with Crippen molar-refractivity contribution in [3.63, 3.8) is 0 Å². The Morgan fingerprint density at radius 1 is 1.37 bits per heavy atom. The number of amides is 2. The third kappa shape index (κ3) is 3.58. The molecule has 6 nitrogen and oxygen atoms in total. The zero-order valence-corrected chi connectivity index (χ0v) is 12.2. The van der Waals surface area contributed by atoms with Crippen LogP contribution in [0.1, 0.15) is 12.8 Å². The lowest BCUT2D eigenvalue weighted by atomic mass is 10.2. The number of nitrogens with one attached hydrogen (secondary N) is 1. The van der Waals surface area contributed by atoms with Gasteiger partial charge in [0.05, 0.1) is 6.61 Å². The fourth-order valence-corrected chi connectivity index (χ4v) is 2.49. The first kappa shape index (κ1) is 16.2. The molecule has 0 bridgehead atoms. The molecule has 2 rings (SSSR count). The molecule has 2 aliphatic rings. The molecule has 110 valence electrons. The van der Waals surface area contributed by atoms with E-state index < -0.39 is 6.10 Å². The van der Waals surface area contributed by atoms with Crippen LogP contribution in [0, 0.1) is 0 Å². The van der Waals surface area contributed by atoms with Gasteiger partial charge in [-0.3, -0.25) is 9.59 Å². The van der Waals surface area contributed by atoms with Crippen molar-refractivity contribution in [3.05, 3.63) is 0 Å². The summed E-state index contributed by atoms with van der Waals surface area (Å²) in [7, 11) is 3.45. The molecule has 2 saturated heterocycles. The summed E-state index contributed by atoms with van der Waals surface area (Å²) in [6.07, 6.45) is 1.20. The predicted octanol–water partition coefficient (Wildman–Crippen LogP) is -0.524. The normalized spacial score (nSPS) is 26.7. The zero-order valence-electron chi connectivity index (χ0n) is 11.4. The van der Waals surface area contributed by atoms with E-state index in [0.717, 1.165) is 19.4 Å². The van der Waals surface area contributed by atoms with Gasteiger partial charge in [-0.1, -0.05) is 0 Å². The van der Waals surface area contributed by atoms with Gasteiger partial charge in [0.25, 0.3) is 5.91 Å². The number of likely N-dealkylation sites (N-methyl/N-ethyl adjacent to an activating group) is 1. The van der Waals surface area contributed by atoms with Gasteiger partial charge < -0.3 is 19.9 Å². The maximum Gasteiger partial charge on any atom is 0.253 e. The van der Waals surface area contributed by atoms with Crippen molar-refractivity contribution in [1.82, 2.24) is 15.1 Å². The van der Waals surface area contributed by atoms with E-state index >= 15 is 0 Å². The number of hydrogen-bond acceptors (Lipinski definition) is 4. The molecule has 2 atom stereocenters. The van der Waals surface area contributed by atoms with Gasteiger partial charge in [-0.15, -0.1) is 12.4 Å². The molecule has 0 aromatic rings. The van der Waals surface area contributed by atoms with Crippen molar-refractivity contribution in [1.29, 1.82) is 0 Å². The molecule has 7 heteroatoms. The zero-order chi connectivity index (χ0) is 13.1. The lowest BCUT2D eigenvalue weighted by Crippen LogP contribution is -2.53. The molecule has 0 aromatic carbocycles. The van der Waals surface area contributed by atoms with Crippen molar-refractivity contribution >= 4 is 24.2 Å². The summed E-state index contributed by atoms with van der Waals surface area (Å²) in [6, 6.07) is -0.307. The monoisotopic (exact) mass is 291 g/mol. The Bertz CT molecular complexity index is 332. The van der Waals surface area contributed by atoms with Crippen LogP contribution in [0.15, 0.2) is 0 Å². The second-order valence-electron chi connectivity index (χ2n) is 4.99. The minimum Gasteiger partial charge on any atom is -0.366 e. The van der Waals surface area contributed by atoms with E-state index in [9.17, 15) is 9.59 Å². The average molecular weight is 292 g/mol. The Hall–Kier alpha value is -0.850. The molecular weight excluding hydrogens is 270 g/mol. The SMILES string of the molecule is CN(C)C(=O)C1CCCN1C(=O)C1CNCCO1.Cl. The van der Waals surface area contributed by atoms with Crippen molar-refractivity contribution in [2.24, 2.45) is 0 Å². The average Bonchev–Trinajstić information content (AvgIpc) is 2.87. The van der Waals surface area contributed by atoms with Gasteiger partial charge in [0.15, 0.2) is 0 Å². The van der Waals surface area contributed by atoms with E-state index in [1.54, 1.807) is 23.9 Å². The number of carbonyl (C=O) groups excluding carboxylic acids is 2. The molecule has 2 aliphatic heterocycles. The van der Waals surface area contributed by atoms with Gasteiger partial charge in [0, 0.05) is 33.7 Å². The standard InChI is InChI=1S/C12H21N3O3.ClH/c1-14(2)11(16)9-4-3-6-15(9)12(17)10-8-13-5-7-18-10;/h9-10,13H,3-8H2,1-2H3;1H. The second kappa shape index (κ2) is 7.07. The van der Waals surface area contributed by atoms with Gasteiger partial charge >= 0.3 is 0 Å². The van der Waals surface area contributed by atoms with E-state index in [2.05, 4.69) is 5.32 Å². The smallest absolute Gasteiger partial charge is 0.253 e. The Morgan fingerprint density at radius 2 is 2.11 bits per heavy atom. The van der Waals surface area contributed by atoms with Gasteiger partial charge in [0.1, 0.15) is 12.1 Å². The van der Waals surface area contributed by atoms with Gasteiger partial charge in [-0.05, 0) is 12.8 Å². The van der Waals surface area contributed by atoms with Crippen LogP contribution < -0.4 is 5.32 Å². The van der Waals surface area contributed by atoms with Crippen molar-refractivity contribution in [2.45, 2.75) is 25.0 Å². The minimum atomic E-state index is -0.436. The van der Waals surface area contributed by atoms with Crippen molar-refractivity contribution in [3.8, 4) is 0 Å². The van der Waals surface area contributed by atoms with E-state index in [-0.39, 0.29) is 30.3 Å². The van der Waals surface area contributed by atoms with Crippen LogP contribution in [0.2, 0.25) is 0 Å². The number of nitrogens with zero attached hydrogens (tertiary/aromatic N) is 2. The molecule has 0 radical (unpaired) electrons. The molecule has 2 amide bonds. The summed E-state index contributed by atoms with van der Waals surface area (Å²) in [4.78, 5) is 27.6. The number of hydrogen-bond donors (Lipinski definition) is 1. The van der Waals surface area contributed by atoms with Crippen LogP contribution in [-0.4, -0.2) is 74.1 Å². The first-order valence-electron chi connectivity index (χ1n) is 6.45. The van der Waals surface area contributed by atoms with Crippen molar-refractivity contribution < 1.29 is 14.3 Å². The topological polar surface area (TPSA) is 61.9 Å². The van der Waals surface area contributed by atoms with Gasteiger partial charge in [0.2, 0.25) is 5.91 Å². The fourth-order valence-electron chi connectivity index (χ4n) is 2.49. The summed E-state index contributed by atoms with van der Waals surface area (Å²) in [5.41, 5.74) is 0. The number of halogens is 1. The Balaban J connectivity index is 0.00000180. The highest BCUT2D eigenvalue weighted by atomic mass is 35.5. The highest BCUT2D eigenvalue weighted by Crippen LogP contribution is 2.20. The minimum absolute atomic E-state index is 0. The Morgan fingerprint density at radius 3 is 2.68 bits per heavy atom. The van der Waals surface area contributed by atoms with Crippen molar-refractivity contribution in [2.75, 3.05) is 40.3 Å². The van der Waals surface area contributed by atoms with Crippen LogP contribution in [0.3, 0.4) is 0 Å². The number of carbonyl (C=O) groups is 2. The van der Waals surface area contributed by atoms with E-state index in [1.807, 2.05) is 0 Å². The number of ether oxygens (including phenoxy) is 1. The summed E-state index contributed by atoms with van der Waals surface area (Å²) in [5.74, 6) is -0.0514. The summed E-state index contributed by atoms with van der Waals surface area (Å²) >= 11 is 0. The first-order valence-corrected chi connectivity index (χ1v) is 6.45. The highest BCUT2D eigenvalue weighted by Gasteiger charge is 2.38. The molecule has 0 saturated carbocycles. The van der Waals surface area contributed by atoms with Gasteiger partial charge in [-0.2, -0.15) is 0 Å². The Kier molecular flexibility index (Phi) is 6.03. The Labute approximate surface area is 119 Å². The molecule has 0 aliphatic carbocycles. The van der Waals surface area contributed by atoms with Crippen LogP contribution in [0.5, 0.6) is 0 Å².